The topological polar surface area (TPSA) is 0 Å². The molecule has 0 fully saturated rings. The molecule has 0 saturated carbocycles. The van der Waals surface area contributed by atoms with E-state index in [9.17, 15) is 4.39 Å². The van der Waals surface area contributed by atoms with Gasteiger partial charge in [0.05, 0.1) is 5.41 Å². The minimum absolute atomic E-state index is 0.182. The minimum Gasteiger partial charge on any atom is -0.207 e. The average molecular weight is 352 g/mol. The van der Waals surface area contributed by atoms with Crippen LogP contribution < -0.4 is 0 Å². The van der Waals surface area contributed by atoms with E-state index >= 15 is 0 Å². The zero-order valence-corrected chi connectivity index (χ0v) is 15.4. The molecule has 0 heterocycles. The van der Waals surface area contributed by atoms with Gasteiger partial charge in [0, 0.05) is 0 Å². The van der Waals surface area contributed by atoms with Gasteiger partial charge in [0.25, 0.3) is 0 Å². The van der Waals surface area contributed by atoms with Crippen LogP contribution in [-0.4, -0.2) is 0 Å². The van der Waals surface area contributed by atoms with Crippen LogP contribution >= 0.6 is 0 Å². The van der Waals surface area contributed by atoms with Crippen molar-refractivity contribution in [3.8, 4) is 11.1 Å². The number of aryl methyl sites for hydroxylation is 1. The normalized spacial score (nSPS) is 20.1. The van der Waals surface area contributed by atoms with Crippen molar-refractivity contribution < 1.29 is 4.39 Å². The summed E-state index contributed by atoms with van der Waals surface area (Å²) in [5.74, 6) is -0.182. The molecule has 132 valence electrons. The Balaban J connectivity index is 1.96. The van der Waals surface area contributed by atoms with Gasteiger partial charge in [-0.15, -0.1) is 0 Å². The van der Waals surface area contributed by atoms with Gasteiger partial charge in [0.15, 0.2) is 0 Å². The summed E-state index contributed by atoms with van der Waals surface area (Å²) in [7, 11) is 0. The van der Waals surface area contributed by atoms with Crippen molar-refractivity contribution in [1.82, 2.24) is 0 Å². The van der Waals surface area contributed by atoms with Gasteiger partial charge in [0.1, 0.15) is 5.82 Å². The van der Waals surface area contributed by atoms with Gasteiger partial charge >= 0.3 is 0 Å². The predicted molar refractivity (Wildman–Crippen MR) is 109 cm³/mol. The first kappa shape index (κ1) is 16.3. The first-order chi connectivity index (χ1) is 13.2. The van der Waals surface area contributed by atoms with Gasteiger partial charge in [-0.1, -0.05) is 78.4 Å². The molecule has 0 amide bonds. The number of fused-ring (bicyclic) bond motifs is 3. The summed E-state index contributed by atoms with van der Waals surface area (Å²) < 4.78 is 14.5. The molecule has 0 radical (unpaired) electrons. The SMILES string of the molecule is Cc1ccc2c(c1)[C@@](C1=CCCC=C1)(c1ccccc1)c1cc(F)ccc1-2. The Morgan fingerprint density at radius 2 is 1.56 bits per heavy atom. The third-order valence-corrected chi connectivity index (χ3v) is 5.89. The zero-order valence-electron chi connectivity index (χ0n) is 15.4. The molecule has 0 saturated heterocycles. The van der Waals surface area contributed by atoms with Crippen LogP contribution in [0.2, 0.25) is 0 Å². The number of allylic oxidation sites excluding steroid dienone is 4. The van der Waals surface area contributed by atoms with Crippen molar-refractivity contribution in [1.29, 1.82) is 0 Å². The summed E-state index contributed by atoms with van der Waals surface area (Å²) in [6, 6.07) is 22.4. The fourth-order valence-corrected chi connectivity index (χ4v) is 4.78. The molecule has 5 rings (SSSR count). The summed E-state index contributed by atoms with van der Waals surface area (Å²) in [5, 5.41) is 0. The standard InChI is InChI=1S/C26H21F/c1-18-12-14-22-23-15-13-21(27)17-25(23)26(24(22)16-18,19-8-4-2-5-9-19)20-10-6-3-7-11-20/h2,4-6,8-17H,3,7H2,1H3/t26-/m0/s1. The Morgan fingerprint density at radius 3 is 2.30 bits per heavy atom. The van der Waals surface area contributed by atoms with Crippen molar-refractivity contribution in [2.24, 2.45) is 0 Å². The second-order valence-electron chi connectivity index (χ2n) is 7.49. The molecule has 0 N–H and O–H groups in total. The highest BCUT2D eigenvalue weighted by Gasteiger charge is 2.47. The highest BCUT2D eigenvalue weighted by molar-refractivity contribution is 5.87. The highest BCUT2D eigenvalue weighted by atomic mass is 19.1. The van der Waals surface area contributed by atoms with Crippen LogP contribution in [0, 0.1) is 12.7 Å². The van der Waals surface area contributed by atoms with E-state index in [2.05, 4.69) is 67.6 Å². The van der Waals surface area contributed by atoms with Crippen molar-refractivity contribution in [3.05, 3.63) is 119 Å². The smallest absolute Gasteiger partial charge is 0.123 e. The summed E-state index contributed by atoms with van der Waals surface area (Å²) in [6.45, 7) is 2.13. The van der Waals surface area contributed by atoms with Gasteiger partial charge in [0.2, 0.25) is 0 Å². The second kappa shape index (κ2) is 6.06. The maximum absolute atomic E-state index is 14.5. The number of rotatable bonds is 2. The molecule has 2 aliphatic rings. The molecule has 2 aliphatic carbocycles. The van der Waals surface area contributed by atoms with Crippen molar-refractivity contribution in [2.45, 2.75) is 25.2 Å². The van der Waals surface area contributed by atoms with Crippen LogP contribution in [0.5, 0.6) is 0 Å². The Bertz CT molecular complexity index is 1030. The molecule has 3 aromatic carbocycles. The van der Waals surface area contributed by atoms with E-state index in [0.717, 1.165) is 24.0 Å². The zero-order chi connectivity index (χ0) is 18.4. The first-order valence-electron chi connectivity index (χ1n) is 9.55. The van der Waals surface area contributed by atoms with Gasteiger partial charge in [-0.05, 0) is 65.3 Å². The Hall–Kier alpha value is -2.93. The molecule has 0 aliphatic heterocycles. The molecular weight excluding hydrogens is 331 g/mol. The van der Waals surface area contributed by atoms with Crippen molar-refractivity contribution in [2.75, 3.05) is 0 Å². The molecule has 27 heavy (non-hydrogen) atoms. The van der Waals surface area contributed by atoms with Crippen LogP contribution in [0.1, 0.15) is 35.1 Å². The van der Waals surface area contributed by atoms with Crippen LogP contribution in [0.3, 0.4) is 0 Å². The number of benzene rings is 3. The molecule has 0 bridgehead atoms. The fourth-order valence-electron chi connectivity index (χ4n) is 4.78. The molecule has 0 spiro atoms. The summed E-state index contributed by atoms with van der Waals surface area (Å²) in [5.41, 5.74) is 7.85. The van der Waals surface area contributed by atoms with E-state index in [1.165, 1.54) is 27.8 Å². The lowest BCUT2D eigenvalue weighted by molar-refractivity contribution is 0.621. The summed E-state index contributed by atoms with van der Waals surface area (Å²) >= 11 is 0. The lowest BCUT2D eigenvalue weighted by Gasteiger charge is -2.35. The quantitative estimate of drug-likeness (QED) is 0.480. The third kappa shape index (κ3) is 2.28. The van der Waals surface area contributed by atoms with E-state index in [0.29, 0.717) is 0 Å². The van der Waals surface area contributed by atoms with Gasteiger partial charge < -0.3 is 0 Å². The molecular formula is C26H21F. The lowest BCUT2D eigenvalue weighted by Crippen LogP contribution is -2.29. The Kier molecular flexibility index (Phi) is 3.65. The van der Waals surface area contributed by atoms with Gasteiger partial charge in [-0.2, -0.15) is 0 Å². The van der Waals surface area contributed by atoms with Crippen LogP contribution in [0.15, 0.2) is 90.5 Å². The van der Waals surface area contributed by atoms with E-state index < -0.39 is 5.41 Å². The molecule has 1 atom stereocenters. The van der Waals surface area contributed by atoms with Crippen LogP contribution in [-0.2, 0) is 5.41 Å². The Labute approximate surface area is 159 Å². The lowest BCUT2D eigenvalue weighted by atomic mass is 9.66. The van der Waals surface area contributed by atoms with Crippen LogP contribution in [0.25, 0.3) is 11.1 Å². The average Bonchev–Trinajstić information content (AvgIpc) is 2.99. The second-order valence-corrected chi connectivity index (χ2v) is 7.49. The fraction of sp³-hybridized carbons (Fsp3) is 0.154. The molecule has 3 aromatic rings. The van der Waals surface area contributed by atoms with E-state index in [4.69, 9.17) is 0 Å². The molecule has 0 aromatic heterocycles. The van der Waals surface area contributed by atoms with E-state index in [1.54, 1.807) is 12.1 Å². The molecule has 0 unspecified atom stereocenters. The minimum atomic E-state index is -0.461. The Morgan fingerprint density at radius 1 is 0.815 bits per heavy atom. The predicted octanol–water partition coefficient (Wildman–Crippen LogP) is 6.73. The summed E-state index contributed by atoms with van der Waals surface area (Å²) in [6.07, 6.45) is 8.89. The maximum atomic E-state index is 14.5. The highest BCUT2D eigenvalue weighted by Crippen LogP contribution is 2.57. The van der Waals surface area contributed by atoms with Gasteiger partial charge in [-0.25, -0.2) is 4.39 Å². The molecule has 0 nitrogen and oxygen atoms in total. The third-order valence-electron chi connectivity index (χ3n) is 5.89. The summed E-state index contributed by atoms with van der Waals surface area (Å²) in [4.78, 5) is 0. The van der Waals surface area contributed by atoms with Crippen molar-refractivity contribution >= 4 is 0 Å². The van der Waals surface area contributed by atoms with Crippen molar-refractivity contribution in [3.63, 3.8) is 0 Å². The number of hydrogen-bond acceptors (Lipinski definition) is 0. The van der Waals surface area contributed by atoms with E-state index in [-0.39, 0.29) is 5.82 Å². The molecule has 1 heteroatoms. The van der Waals surface area contributed by atoms with E-state index in [1.807, 2.05) is 12.1 Å². The van der Waals surface area contributed by atoms with Crippen LogP contribution in [0.4, 0.5) is 4.39 Å². The van der Waals surface area contributed by atoms with Gasteiger partial charge in [-0.3, -0.25) is 0 Å². The number of halogens is 1. The largest absolute Gasteiger partial charge is 0.207 e. The maximum Gasteiger partial charge on any atom is 0.123 e. The first-order valence-corrected chi connectivity index (χ1v) is 9.55. The number of hydrogen-bond donors (Lipinski definition) is 0. The monoisotopic (exact) mass is 352 g/mol.